The van der Waals surface area contributed by atoms with Gasteiger partial charge in [0.2, 0.25) is 0 Å². The fourth-order valence-electron chi connectivity index (χ4n) is 1.41. The zero-order valence-electron chi connectivity index (χ0n) is 11.0. The molecule has 0 nitrogen and oxygen atoms in total. The molecule has 0 aromatic heterocycles. The largest absolute Gasteiger partial charge is 0.0715 e. The van der Waals surface area contributed by atoms with Crippen molar-refractivity contribution in [1.82, 2.24) is 0 Å². The van der Waals surface area contributed by atoms with E-state index >= 15 is 0 Å². The predicted molar refractivity (Wildman–Crippen MR) is 71.7 cm³/mol. The Balaban J connectivity index is 0.000000364. The molecule has 80 valence electrons. The molecule has 1 aliphatic heterocycles. The van der Waals surface area contributed by atoms with Gasteiger partial charge in [0.05, 0.1) is 0 Å². The second-order valence-corrected chi connectivity index (χ2v) is 13.4. The molecule has 2 radical (unpaired) electrons. The van der Waals surface area contributed by atoms with Gasteiger partial charge in [0.1, 0.15) is 0 Å². The fourth-order valence-corrected chi connectivity index (χ4v) is 5.73. The second kappa shape index (κ2) is 5.96. The molecule has 0 aliphatic carbocycles. The van der Waals surface area contributed by atoms with E-state index in [1.807, 2.05) is 0 Å². The number of rotatable bonds is 0. The molecule has 14 heavy (non-hydrogen) atoms. The molecule has 2 heteroatoms. The molecule has 1 rings (SSSR count). The number of allylic oxidation sites excluding steroid dienone is 4. The van der Waals surface area contributed by atoms with Crippen molar-refractivity contribution in [1.29, 1.82) is 0 Å². The van der Waals surface area contributed by atoms with E-state index in [0.717, 1.165) is 0 Å². The molecule has 0 aromatic carbocycles. The minimum absolute atomic E-state index is 0.120. The van der Waals surface area contributed by atoms with Crippen LogP contribution in [0.2, 0.25) is 25.4 Å². The van der Waals surface area contributed by atoms with Crippen LogP contribution in [0.4, 0.5) is 0 Å². The second-order valence-electron chi connectivity index (χ2n) is 4.62. The van der Waals surface area contributed by atoms with Gasteiger partial charge in [0.25, 0.3) is 0 Å². The van der Waals surface area contributed by atoms with Gasteiger partial charge >= 0.3 is 67.8 Å². The van der Waals surface area contributed by atoms with E-state index in [-0.39, 0.29) is 8.80 Å². The Labute approximate surface area is 96.2 Å². The Morgan fingerprint density at radius 3 is 1.07 bits per heavy atom. The average molecular weight is 269 g/mol. The van der Waals surface area contributed by atoms with E-state index in [1.165, 1.54) is 0 Å². The van der Waals surface area contributed by atoms with Crippen LogP contribution >= 0.6 is 0 Å². The van der Waals surface area contributed by atoms with Crippen molar-refractivity contribution in [3.05, 3.63) is 20.0 Å². The first-order valence-electron chi connectivity index (χ1n) is 5.25. The van der Waals surface area contributed by atoms with Crippen molar-refractivity contribution < 1.29 is 0 Å². The molecule has 0 fully saturated rings. The fraction of sp³-hybridized carbons (Fsp3) is 0.667. The molecule has 0 saturated carbocycles. The molecular formula is C12H24GeSi. The average Bonchev–Trinajstić information content (AvgIpc) is 2.23. The van der Waals surface area contributed by atoms with Crippen molar-refractivity contribution in [2.45, 2.75) is 53.1 Å². The zero-order chi connectivity index (χ0) is 11.5. The summed E-state index contributed by atoms with van der Waals surface area (Å²) in [5.41, 5.74) is 3.16. The molecule has 0 amide bonds. The Hall–Kier alpha value is 0.240. The summed E-state index contributed by atoms with van der Waals surface area (Å²) >= 11 is -0.852. The minimum Gasteiger partial charge on any atom is -0.0715 e. The third-order valence-electron chi connectivity index (χ3n) is 2.81. The Morgan fingerprint density at radius 1 is 0.786 bits per heavy atom. The molecule has 0 aromatic rings. The smallest absolute Gasteiger partial charge is 0.0379 e. The summed E-state index contributed by atoms with van der Waals surface area (Å²) in [6.07, 6.45) is 0. The summed E-state index contributed by atoms with van der Waals surface area (Å²) in [6, 6.07) is 0. The van der Waals surface area contributed by atoms with Crippen LogP contribution in [0, 0.1) is 0 Å². The van der Waals surface area contributed by atoms with E-state index in [2.05, 4.69) is 53.1 Å². The third kappa shape index (κ3) is 3.77. The normalized spacial score (nSPS) is 17.8. The molecule has 0 bridgehead atoms. The quantitative estimate of drug-likeness (QED) is 0.577. The maximum Gasteiger partial charge on any atom is 0.0379 e. The van der Waals surface area contributed by atoms with E-state index < -0.39 is 14.3 Å². The van der Waals surface area contributed by atoms with Crippen molar-refractivity contribution in [2.24, 2.45) is 0 Å². The summed E-state index contributed by atoms with van der Waals surface area (Å²) in [6.45, 7) is 15.9. The maximum absolute atomic E-state index is 2.45. The molecule has 1 aliphatic rings. The molecule has 0 spiro atoms. The summed E-state index contributed by atoms with van der Waals surface area (Å²) in [7, 11) is 0.120. The van der Waals surface area contributed by atoms with Crippen molar-refractivity contribution in [3.63, 3.8) is 0 Å². The van der Waals surface area contributed by atoms with Gasteiger partial charge in [0.15, 0.2) is 0 Å². The predicted octanol–water partition coefficient (Wildman–Crippen LogP) is 4.25. The van der Waals surface area contributed by atoms with Gasteiger partial charge in [-0.25, -0.2) is 0 Å². The van der Waals surface area contributed by atoms with Gasteiger partial charge in [-0.15, -0.1) is 0 Å². The Morgan fingerprint density at radius 2 is 1.00 bits per heavy atom. The maximum atomic E-state index is 2.45. The molecule has 0 atom stereocenters. The number of hydrogen-bond acceptors (Lipinski definition) is 0. The third-order valence-corrected chi connectivity index (χ3v) is 9.11. The summed E-state index contributed by atoms with van der Waals surface area (Å²) in [5.74, 6) is 2.45. The summed E-state index contributed by atoms with van der Waals surface area (Å²) in [4.78, 5) is 0. The van der Waals surface area contributed by atoms with Crippen molar-refractivity contribution in [2.75, 3.05) is 0 Å². The van der Waals surface area contributed by atoms with E-state index in [9.17, 15) is 0 Å². The Kier molecular flexibility index (Phi) is 6.06. The van der Waals surface area contributed by atoms with E-state index in [1.54, 1.807) is 20.0 Å². The first-order valence-corrected chi connectivity index (χ1v) is 12.4. The van der Waals surface area contributed by atoms with Crippen LogP contribution in [0.1, 0.15) is 27.7 Å². The molecule has 1 heterocycles. The van der Waals surface area contributed by atoms with Crippen LogP contribution in [0.15, 0.2) is 20.0 Å². The van der Waals surface area contributed by atoms with Crippen LogP contribution in [0.5, 0.6) is 0 Å². The first kappa shape index (κ1) is 14.2. The monoisotopic (exact) mass is 270 g/mol. The van der Waals surface area contributed by atoms with E-state index in [0.29, 0.717) is 0 Å². The van der Waals surface area contributed by atoms with Gasteiger partial charge in [-0.3, -0.25) is 0 Å². The minimum atomic E-state index is -0.852. The molecule has 0 N–H and O–H groups in total. The van der Waals surface area contributed by atoms with Crippen molar-refractivity contribution >= 4 is 23.1 Å². The van der Waals surface area contributed by atoms with Crippen LogP contribution in [-0.2, 0) is 0 Å². The first-order chi connectivity index (χ1) is 6.29. The zero-order valence-corrected chi connectivity index (χ0v) is 14.1. The van der Waals surface area contributed by atoms with Gasteiger partial charge in [0, 0.05) is 8.80 Å². The summed E-state index contributed by atoms with van der Waals surface area (Å²) in [5, 5.41) is 0. The van der Waals surface area contributed by atoms with E-state index in [4.69, 9.17) is 0 Å². The van der Waals surface area contributed by atoms with Crippen LogP contribution < -0.4 is 0 Å². The van der Waals surface area contributed by atoms with Crippen LogP contribution in [0.25, 0.3) is 0 Å². The van der Waals surface area contributed by atoms with Gasteiger partial charge in [-0.05, 0) is 0 Å². The SMILES string of the molecule is CC1=[C](C)[Ge]([CH3])[C](C)=C1C.C[Si](C)C. The number of hydrogen-bond donors (Lipinski definition) is 0. The van der Waals surface area contributed by atoms with Crippen molar-refractivity contribution in [3.8, 4) is 0 Å². The van der Waals surface area contributed by atoms with Gasteiger partial charge in [-0.2, -0.15) is 0 Å². The molecule has 0 saturated heterocycles. The van der Waals surface area contributed by atoms with Crippen LogP contribution in [-0.4, -0.2) is 23.1 Å². The summed E-state index contributed by atoms with van der Waals surface area (Å²) < 4.78 is 3.44. The van der Waals surface area contributed by atoms with Crippen LogP contribution in [0.3, 0.4) is 0 Å². The van der Waals surface area contributed by atoms with Gasteiger partial charge in [-0.1, -0.05) is 19.6 Å². The topological polar surface area (TPSA) is 0 Å². The molecule has 0 unspecified atom stereocenters. The standard InChI is InChI=1S/C9H15Ge.C3H9Si/c1-6-7(2)9(4)10(5)8(6)3;1-4(2)3/h1-5H3;1-3H3. The molecular weight excluding hydrogens is 245 g/mol. The Bertz CT molecular complexity index is 235. The van der Waals surface area contributed by atoms with Gasteiger partial charge < -0.3 is 0 Å².